The Kier molecular flexibility index (Phi) is 3.62. The lowest BCUT2D eigenvalue weighted by molar-refractivity contribution is -0.389. The molecule has 0 spiro atoms. The lowest BCUT2D eigenvalue weighted by Crippen LogP contribution is -2.15. The molecule has 0 aliphatic rings. The van der Waals surface area contributed by atoms with Crippen LogP contribution in [0.5, 0.6) is 0 Å². The third-order valence-electron chi connectivity index (χ3n) is 2.48. The maximum absolute atomic E-state index is 13.0. The van der Waals surface area contributed by atoms with Crippen LogP contribution in [0.1, 0.15) is 11.4 Å². The van der Waals surface area contributed by atoms with Crippen LogP contribution in [0.3, 0.4) is 0 Å². The van der Waals surface area contributed by atoms with E-state index < -0.39 is 40.9 Å². The molecule has 10 heteroatoms. The van der Waals surface area contributed by atoms with Gasteiger partial charge in [-0.2, -0.15) is 13.2 Å². The van der Waals surface area contributed by atoms with Gasteiger partial charge in [-0.3, -0.25) is 4.57 Å². The Bertz CT molecular complexity index is 675. The van der Waals surface area contributed by atoms with E-state index in [9.17, 15) is 32.1 Å². The molecule has 1 aromatic carbocycles. The van der Waals surface area contributed by atoms with E-state index in [1.54, 1.807) is 0 Å². The predicted octanol–water partition coefficient (Wildman–Crippen LogP) is 3.14. The van der Waals surface area contributed by atoms with Gasteiger partial charge in [0.25, 0.3) is 0 Å². The van der Waals surface area contributed by atoms with Crippen LogP contribution in [0, 0.1) is 21.7 Å². The van der Waals surface area contributed by atoms with Crippen molar-refractivity contribution in [3.05, 3.63) is 57.5 Å². The summed E-state index contributed by atoms with van der Waals surface area (Å²) in [5.74, 6) is -4.44. The second-order valence-corrected chi connectivity index (χ2v) is 4.08. The Hall–Kier alpha value is -2.52. The minimum absolute atomic E-state index is 0.120. The number of hydrogen-bond donors (Lipinski definition) is 0. The molecule has 0 radical (unpaired) electrons. The molecule has 0 amide bonds. The van der Waals surface area contributed by atoms with Gasteiger partial charge in [-0.15, -0.1) is 0 Å². The Morgan fingerprint density at radius 1 is 1.19 bits per heavy atom. The summed E-state index contributed by atoms with van der Waals surface area (Å²) < 4.78 is 64.6. The Balaban J connectivity index is 2.45. The highest BCUT2D eigenvalue weighted by molar-refractivity contribution is 5.23. The molecule has 21 heavy (non-hydrogen) atoms. The van der Waals surface area contributed by atoms with Crippen LogP contribution in [-0.4, -0.2) is 14.5 Å². The fraction of sp³-hybridized carbons (Fsp3) is 0.182. The third-order valence-corrected chi connectivity index (χ3v) is 2.48. The number of imidazole rings is 1. The molecule has 0 saturated carbocycles. The first-order chi connectivity index (χ1) is 9.66. The molecule has 0 aliphatic heterocycles. The van der Waals surface area contributed by atoms with Gasteiger partial charge in [0.15, 0.2) is 0 Å². The Morgan fingerprint density at radius 2 is 1.76 bits per heavy atom. The van der Waals surface area contributed by atoms with Gasteiger partial charge in [0.05, 0.1) is 6.54 Å². The zero-order valence-corrected chi connectivity index (χ0v) is 10.1. The van der Waals surface area contributed by atoms with Crippen LogP contribution in [0.2, 0.25) is 0 Å². The van der Waals surface area contributed by atoms with Crippen molar-refractivity contribution in [3.63, 3.8) is 0 Å². The monoisotopic (exact) mass is 307 g/mol. The van der Waals surface area contributed by atoms with E-state index in [-0.39, 0.29) is 5.56 Å². The van der Waals surface area contributed by atoms with Gasteiger partial charge in [0.2, 0.25) is 0 Å². The molecule has 5 nitrogen and oxygen atoms in total. The number of nitrogens with zero attached hydrogens (tertiary/aromatic N) is 3. The minimum Gasteiger partial charge on any atom is -0.358 e. The summed E-state index contributed by atoms with van der Waals surface area (Å²) in [5, 5.41) is 10.5. The molecule has 0 unspecified atom stereocenters. The van der Waals surface area contributed by atoms with E-state index >= 15 is 0 Å². The first-order valence-electron chi connectivity index (χ1n) is 5.40. The summed E-state index contributed by atoms with van der Waals surface area (Å²) in [4.78, 5) is 12.3. The van der Waals surface area contributed by atoms with Crippen LogP contribution in [0.15, 0.2) is 24.4 Å². The summed E-state index contributed by atoms with van der Waals surface area (Å²) in [6.07, 6.45) is -4.37. The molecular weight excluding hydrogens is 301 g/mol. The highest BCUT2D eigenvalue weighted by Crippen LogP contribution is 2.30. The van der Waals surface area contributed by atoms with Gasteiger partial charge in [0.1, 0.15) is 17.8 Å². The van der Waals surface area contributed by atoms with Crippen molar-refractivity contribution in [2.24, 2.45) is 0 Å². The predicted molar refractivity (Wildman–Crippen MR) is 59.3 cm³/mol. The van der Waals surface area contributed by atoms with Crippen molar-refractivity contribution in [3.8, 4) is 0 Å². The number of nitro groups is 1. The van der Waals surface area contributed by atoms with Gasteiger partial charge in [-0.1, -0.05) is 0 Å². The quantitative estimate of drug-likeness (QED) is 0.497. The Labute approximate surface area is 113 Å². The SMILES string of the molecule is O=[N+]([O-])c1cn(Cc2cc(F)cc(F)c2)c(C(F)(F)F)n1. The molecule has 0 fully saturated rings. The molecule has 0 saturated heterocycles. The van der Waals surface area contributed by atoms with Gasteiger partial charge >= 0.3 is 17.8 Å². The van der Waals surface area contributed by atoms with E-state index in [4.69, 9.17) is 0 Å². The van der Waals surface area contributed by atoms with E-state index in [1.807, 2.05) is 0 Å². The van der Waals surface area contributed by atoms with E-state index in [1.165, 1.54) is 0 Å². The summed E-state index contributed by atoms with van der Waals surface area (Å²) in [6.45, 7) is -0.607. The zero-order chi connectivity index (χ0) is 15.8. The molecule has 2 rings (SSSR count). The maximum Gasteiger partial charge on any atom is 0.475 e. The lowest BCUT2D eigenvalue weighted by Gasteiger charge is -2.07. The van der Waals surface area contributed by atoms with Crippen LogP contribution < -0.4 is 0 Å². The number of rotatable bonds is 3. The summed E-state index contributed by atoms with van der Waals surface area (Å²) in [6, 6.07) is 2.22. The largest absolute Gasteiger partial charge is 0.475 e. The maximum atomic E-state index is 13.0. The minimum atomic E-state index is -4.93. The molecular formula is C11H6F5N3O2. The average Bonchev–Trinajstić information content (AvgIpc) is 2.71. The first kappa shape index (κ1) is 14.9. The molecule has 1 heterocycles. The normalized spacial score (nSPS) is 11.7. The van der Waals surface area contributed by atoms with Crippen LogP contribution in [-0.2, 0) is 12.7 Å². The molecule has 1 aromatic heterocycles. The molecule has 0 atom stereocenters. The van der Waals surface area contributed by atoms with Crippen molar-refractivity contribution in [2.45, 2.75) is 12.7 Å². The molecule has 0 N–H and O–H groups in total. The van der Waals surface area contributed by atoms with Gasteiger partial charge in [-0.25, -0.2) is 8.78 Å². The number of benzene rings is 1. The lowest BCUT2D eigenvalue weighted by atomic mass is 10.2. The smallest absolute Gasteiger partial charge is 0.358 e. The summed E-state index contributed by atoms with van der Waals surface area (Å²) in [5.41, 5.74) is -0.120. The number of hydrogen-bond acceptors (Lipinski definition) is 3. The van der Waals surface area contributed by atoms with E-state index in [0.29, 0.717) is 16.8 Å². The van der Waals surface area contributed by atoms with Crippen molar-refractivity contribution in [1.29, 1.82) is 0 Å². The van der Waals surface area contributed by atoms with Gasteiger partial charge in [-0.05, 0) is 27.6 Å². The summed E-state index contributed by atoms with van der Waals surface area (Å²) in [7, 11) is 0. The highest BCUT2D eigenvalue weighted by atomic mass is 19.4. The third kappa shape index (κ3) is 3.33. The zero-order valence-electron chi connectivity index (χ0n) is 10.1. The van der Waals surface area contributed by atoms with E-state index in [0.717, 1.165) is 12.1 Å². The van der Waals surface area contributed by atoms with Crippen molar-refractivity contribution >= 4 is 5.82 Å². The van der Waals surface area contributed by atoms with E-state index in [2.05, 4.69) is 4.98 Å². The molecule has 2 aromatic rings. The number of halogens is 5. The van der Waals surface area contributed by atoms with Crippen molar-refractivity contribution < 1.29 is 26.9 Å². The van der Waals surface area contributed by atoms with Gasteiger partial charge in [0, 0.05) is 6.07 Å². The fourth-order valence-electron chi connectivity index (χ4n) is 1.74. The fourth-order valence-corrected chi connectivity index (χ4v) is 1.74. The van der Waals surface area contributed by atoms with Crippen LogP contribution in [0.25, 0.3) is 0 Å². The second-order valence-electron chi connectivity index (χ2n) is 4.08. The van der Waals surface area contributed by atoms with Crippen LogP contribution in [0.4, 0.5) is 27.8 Å². The van der Waals surface area contributed by atoms with Gasteiger partial charge < -0.3 is 10.1 Å². The van der Waals surface area contributed by atoms with Crippen LogP contribution >= 0.6 is 0 Å². The molecule has 0 bridgehead atoms. The Morgan fingerprint density at radius 3 is 2.24 bits per heavy atom. The second kappa shape index (κ2) is 5.11. The topological polar surface area (TPSA) is 61.0 Å². The molecule has 112 valence electrons. The average molecular weight is 307 g/mol. The summed E-state index contributed by atoms with van der Waals surface area (Å²) >= 11 is 0. The first-order valence-corrected chi connectivity index (χ1v) is 5.40. The highest BCUT2D eigenvalue weighted by Gasteiger charge is 2.43. The standard InChI is InChI=1S/C11H6F5N3O2/c12-7-1-6(2-8(13)3-7)4-18-5-9(19(20)21)17-10(18)11(14,15)16/h1-3,5H,4H2. The number of alkyl halides is 3. The molecule has 0 aliphatic carbocycles. The number of aromatic nitrogens is 2. The van der Waals surface area contributed by atoms with Crippen molar-refractivity contribution in [2.75, 3.05) is 0 Å². The van der Waals surface area contributed by atoms with Crippen molar-refractivity contribution in [1.82, 2.24) is 9.55 Å².